The van der Waals surface area contributed by atoms with Crippen molar-refractivity contribution in [2.24, 2.45) is 0 Å². The maximum Gasteiger partial charge on any atom is 0.251 e. The maximum atomic E-state index is 11.9. The number of aromatic nitrogens is 1. The molecule has 2 aromatic carbocycles. The average molecular weight is 379 g/mol. The zero-order valence-corrected chi connectivity index (χ0v) is 15.7. The molecule has 0 saturated heterocycles. The van der Waals surface area contributed by atoms with Crippen molar-refractivity contribution in [3.8, 4) is 11.6 Å². The molecule has 3 rings (SSSR count). The van der Waals surface area contributed by atoms with Gasteiger partial charge in [-0.25, -0.2) is 4.98 Å². The average Bonchev–Trinajstić information content (AvgIpc) is 2.73. The summed E-state index contributed by atoms with van der Waals surface area (Å²) in [5.74, 6) is 0.621. The molecule has 0 unspecified atom stereocenters. The van der Waals surface area contributed by atoms with Gasteiger partial charge in [0.05, 0.1) is 0 Å². The summed E-state index contributed by atoms with van der Waals surface area (Å²) in [5.41, 5.74) is 1.24. The molecule has 0 aliphatic rings. The van der Waals surface area contributed by atoms with Crippen LogP contribution in [0.3, 0.4) is 0 Å². The number of pyridine rings is 1. The zero-order chi connectivity index (χ0) is 19.6. The van der Waals surface area contributed by atoms with Crippen LogP contribution < -0.4 is 15.4 Å². The number of nitrogens with one attached hydrogen (secondary N) is 2. The second kappa shape index (κ2) is 10.3. The SMILES string of the molecule is O=C(NCCCCNCCOc1ccc2cccc(O)c2n1)c1ccccc1. The summed E-state index contributed by atoms with van der Waals surface area (Å²) in [6.07, 6.45) is 1.88. The van der Waals surface area contributed by atoms with Gasteiger partial charge in [0.1, 0.15) is 17.9 Å². The topological polar surface area (TPSA) is 83.5 Å². The van der Waals surface area contributed by atoms with Crippen molar-refractivity contribution >= 4 is 16.8 Å². The van der Waals surface area contributed by atoms with Crippen LogP contribution >= 0.6 is 0 Å². The molecule has 1 aromatic heterocycles. The number of unbranched alkanes of at least 4 members (excludes halogenated alkanes) is 1. The van der Waals surface area contributed by atoms with E-state index in [-0.39, 0.29) is 11.7 Å². The van der Waals surface area contributed by atoms with Gasteiger partial charge in [0, 0.05) is 30.1 Å². The van der Waals surface area contributed by atoms with Crippen LogP contribution in [0.1, 0.15) is 23.2 Å². The Labute approximate surface area is 164 Å². The molecule has 0 saturated carbocycles. The third-order valence-electron chi connectivity index (χ3n) is 4.30. The molecule has 6 heteroatoms. The third-order valence-corrected chi connectivity index (χ3v) is 4.30. The number of hydrogen-bond acceptors (Lipinski definition) is 5. The summed E-state index contributed by atoms with van der Waals surface area (Å²) in [6.45, 7) is 2.72. The first-order valence-electron chi connectivity index (χ1n) is 9.49. The molecule has 1 amide bonds. The lowest BCUT2D eigenvalue weighted by molar-refractivity contribution is 0.0953. The molecule has 0 radical (unpaired) electrons. The maximum absolute atomic E-state index is 11.9. The standard InChI is InChI=1S/C22H25N3O3/c26-19-10-6-9-17-11-12-20(25-21(17)19)28-16-15-23-13-4-5-14-24-22(27)18-7-2-1-3-8-18/h1-3,6-12,23,26H,4-5,13-16H2,(H,24,27). The van der Waals surface area contributed by atoms with Crippen LogP contribution in [0.5, 0.6) is 11.6 Å². The molecule has 3 N–H and O–H groups in total. The van der Waals surface area contributed by atoms with Gasteiger partial charge in [-0.3, -0.25) is 4.79 Å². The highest BCUT2D eigenvalue weighted by atomic mass is 16.5. The molecule has 0 atom stereocenters. The molecular weight excluding hydrogens is 354 g/mol. The number of hydrogen-bond donors (Lipinski definition) is 3. The van der Waals surface area contributed by atoms with E-state index in [4.69, 9.17) is 4.74 Å². The highest BCUT2D eigenvalue weighted by Gasteiger charge is 2.04. The first kappa shape index (κ1) is 19.6. The summed E-state index contributed by atoms with van der Waals surface area (Å²) < 4.78 is 5.64. The molecule has 6 nitrogen and oxygen atoms in total. The summed E-state index contributed by atoms with van der Waals surface area (Å²) >= 11 is 0. The van der Waals surface area contributed by atoms with Crippen LogP contribution in [0.25, 0.3) is 10.9 Å². The number of benzene rings is 2. The molecule has 146 valence electrons. The molecule has 1 heterocycles. The van der Waals surface area contributed by atoms with Gasteiger partial charge >= 0.3 is 0 Å². The summed E-state index contributed by atoms with van der Waals surface area (Å²) in [4.78, 5) is 16.2. The first-order chi connectivity index (χ1) is 13.7. The molecule has 0 aliphatic heterocycles. The van der Waals surface area contributed by atoms with E-state index in [9.17, 15) is 9.90 Å². The number of phenolic OH excluding ortho intramolecular Hbond substituents is 1. The van der Waals surface area contributed by atoms with Crippen molar-refractivity contribution in [1.82, 2.24) is 15.6 Å². The van der Waals surface area contributed by atoms with E-state index in [1.807, 2.05) is 42.5 Å². The van der Waals surface area contributed by atoms with Crippen LogP contribution in [-0.4, -0.2) is 42.2 Å². The van der Waals surface area contributed by atoms with E-state index in [1.165, 1.54) is 0 Å². The normalized spacial score (nSPS) is 10.7. The minimum absolute atomic E-state index is 0.0316. The molecule has 0 bridgehead atoms. The summed E-state index contributed by atoms with van der Waals surface area (Å²) in [5, 5.41) is 17.0. The first-order valence-corrected chi connectivity index (χ1v) is 9.49. The molecule has 0 spiro atoms. The lowest BCUT2D eigenvalue weighted by Crippen LogP contribution is -2.26. The van der Waals surface area contributed by atoms with E-state index >= 15 is 0 Å². The van der Waals surface area contributed by atoms with Crippen molar-refractivity contribution in [3.63, 3.8) is 0 Å². The summed E-state index contributed by atoms with van der Waals surface area (Å²) in [6, 6.07) is 18.2. The number of ether oxygens (including phenoxy) is 1. The fourth-order valence-electron chi connectivity index (χ4n) is 2.82. The molecule has 0 fully saturated rings. The smallest absolute Gasteiger partial charge is 0.251 e. The van der Waals surface area contributed by atoms with E-state index < -0.39 is 0 Å². The summed E-state index contributed by atoms with van der Waals surface area (Å²) in [7, 11) is 0. The predicted molar refractivity (Wildman–Crippen MR) is 110 cm³/mol. The Morgan fingerprint density at radius 2 is 1.75 bits per heavy atom. The predicted octanol–water partition coefficient (Wildman–Crippen LogP) is 3.12. The van der Waals surface area contributed by atoms with Crippen molar-refractivity contribution in [2.75, 3.05) is 26.2 Å². The number of carbonyl (C=O) groups is 1. The quantitative estimate of drug-likeness (QED) is 0.472. The molecule has 0 aliphatic carbocycles. The molecule has 28 heavy (non-hydrogen) atoms. The Morgan fingerprint density at radius 3 is 2.61 bits per heavy atom. The Kier molecular flexibility index (Phi) is 7.21. The van der Waals surface area contributed by atoms with Crippen molar-refractivity contribution in [1.29, 1.82) is 0 Å². The van der Waals surface area contributed by atoms with Gasteiger partial charge in [-0.15, -0.1) is 0 Å². The monoisotopic (exact) mass is 379 g/mol. The highest BCUT2D eigenvalue weighted by Crippen LogP contribution is 2.24. The number of rotatable bonds is 10. The van der Waals surface area contributed by atoms with Crippen molar-refractivity contribution in [2.45, 2.75) is 12.8 Å². The second-order valence-corrected chi connectivity index (χ2v) is 6.43. The van der Waals surface area contributed by atoms with Gasteiger partial charge in [0.15, 0.2) is 0 Å². The van der Waals surface area contributed by atoms with Gasteiger partial charge in [-0.2, -0.15) is 0 Å². The van der Waals surface area contributed by atoms with Crippen LogP contribution in [0.15, 0.2) is 60.7 Å². The van der Waals surface area contributed by atoms with Gasteiger partial charge in [-0.05, 0) is 43.7 Å². The van der Waals surface area contributed by atoms with Crippen LogP contribution in [0.4, 0.5) is 0 Å². The van der Waals surface area contributed by atoms with Gasteiger partial charge < -0.3 is 20.5 Å². The Bertz CT molecular complexity index is 900. The fraction of sp³-hybridized carbons (Fsp3) is 0.273. The minimum Gasteiger partial charge on any atom is -0.506 e. The number of aromatic hydroxyl groups is 1. The van der Waals surface area contributed by atoms with E-state index in [0.717, 1.165) is 24.8 Å². The van der Waals surface area contributed by atoms with Gasteiger partial charge in [0.2, 0.25) is 5.88 Å². The Balaban J connectivity index is 1.26. The number of fused-ring (bicyclic) bond motifs is 1. The Hall–Kier alpha value is -3.12. The van der Waals surface area contributed by atoms with Crippen LogP contribution in [-0.2, 0) is 0 Å². The van der Waals surface area contributed by atoms with E-state index in [2.05, 4.69) is 15.6 Å². The van der Waals surface area contributed by atoms with Crippen LogP contribution in [0, 0.1) is 0 Å². The third kappa shape index (κ3) is 5.69. The molecule has 3 aromatic rings. The van der Waals surface area contributed by atoms with Crippen molar-refractivity contribution in [3.05, 3.63) is 66.2 Å². The lowest BCUT2D eigenvalue weighted by Gasteiger charge is -2.08. The fourth-order valence-corrected chi connectivity index (χ4v) is 2.82. The van der Waals surface area contributed by atoms with Gasteiger partial charge in [0.25, 0.3) is 5.91 Å². The van der Waals surface area contributed by atoms with Crippen molar-refractivity contribution < 1.29 is 14.6 Å². The van der Waals surface area contributed by atoms with Gasteiger partial charge in [-0.1, -0.05) is 30.3 Å². The van der Waals surface area contributed by atoms with E-state index in [0.29, 0.717) is 36.7 Å². The van der Waals surface area contributed by atoms with E-state index in [1.54, 1.807) is 18.2 Å². The lowest BCUT2D eigenvalue weighted by atomic mass is 10.2. The largest absolute Gasteiger partial charge is 0.506 e. The van der Waals surface area contributed by atoms with Crippen LogP contribution in [0.2, 0.25) is 0 Å². The molecular formula is C22H25N3O3. The number of nitrogens with zero attached hydrogens (tertiary/aromatic N) is 1. The zero-order valence-electron chi connectivity index (χ0n) is 15.7. The number of phenols is 1. The minimum atomic E-state index is -0.0316. The number of para-hydroxylation sites is 1. The second-order valence-electron chi connectivity index (χ2n) is 6.43. The number of amides is 1. The highest BCUT2D eigenvalue weighted by molar-refractivity contribution is 5.94. The number of carbonyl (C=O) groups excluding carboxylic acids is 1. The Morgan fingerprint density at radius 1 is 0.929 bits per heavy atom.